The Hall–Kier alpha value is -3.06. The zero-order valence-electron chi connectivity index (χ0n) is 15.4. The van der Waals surface area contributed by atoms with E-state index in [1.54, 1.807) is 24.4 Å². The third-order valence-electron chi connectivity index (χ3n) is 4.75. The maximum atomic E-state index is 12.7. The number of anilines is 1. The number of methoxy groups -OCH3 is 1. The summed E-state index contributed by atoms with van der Waals surface area (Å²) in [7, 11) is 1.52. The highest BCUT2D eigenvalue weighted by Crippen LogP contribution is 2.27. The molecule has 0 aliphatic carbocycles. The number of hydrogen-bond acceptors (Lipinski definition) is 5. The van der Waals surface area contributed by atoms with E-state index < -0.39 is 0 Å². The van der Waals surface area contributed by atoms with E-state index in [4.69, 9.17) is 16.3 Å². The van der Waals surface area contributed by atoms with Crippen molar-refractivity contribution >= 4 is 23.5 Å². The van der Waals surface area contributed by atoms with Gasteiger partial charge in [-0.15, -0.1) is 0 Å². The number of carbonyl (C=O) groups is 1. The fraction of sp³-hybridized carbons (Fsp3) is 0.250. The number of ether oxygens (including phenoxy) is 1. The molecule has 1 aromatic carbocycles. The van der Waals surface area contributed by atoms with Gasteiger partial charge in [-0.25, -0.2) is 9.97 Å². The smallest absolute Gasteiger partial charge is 0.256 e. The molecule has 2 aromatic heterocycles. The molecule has 1 amide bonds. The highest BCUT2D eigenvalue weighted by Gasteiger charge is 2.27. The van der Waals surface area contributed by atoms with Crippen molar-refractivity contribution in [1.29, 1.82) is 0 Å². The molecule has 0 saturated carbocycles. The molecule has 144 valence electrons. The quantitative estimate of drug-likeness (QED) is 0.691. The van der Waals surface area contributed by atoms with E-state index in [2.05, 4.69) is 25.2 Å². The van der Waals surface area contributed by atoms with Crippen molar-refractivity contribution in [3.63, 3.8) is 0 Å². The first kappa shape index (κ1) is 18.3. The molecule has 1 unspecified atom stereocenters. The Morgan fingerprint density at radius 1 is 1.32 bits per heavy atom. The molecule has 0 bridgehead atoms. The molecule has 3 heterocycles. The van der Waals surface area contributed by atoms with Gasteiger partial charge < -0.3 is 19.9 Å². The molecule has 1 atom stereocenters. The van der Waals surface area contributed by atoms with Gasteiger partial charge in [0.05, 0.1) is 29.1 Å². The number of rotatable bonds is 5. The summed E-state index contributed by atoms with van der Waals surface area (Å²) < 4.78 is 5.27. The molecule has 1 aliphatic rings. The first-order valence-electron chi connectivity index (χ1n) is 9.01. The van der Waals surface area contributed by atoms with Crippen LogP contribution >= 0.6 is 11.6 Å². The summed E-state index contributed by atoms with van der Waals surface area (Å²) >= 11 is 6.21. The van der Waals surface area contributed by atoms with Gasteiger partial charge >= 0.3 is 0 Å². The first-order valence-corrected chi connectivity index (χ1v) is 9.38. The van der Waals surface area contributed by atoms with Crippen LogP contribution in [0.25, 0.3) is 11.4 Å². The van der Waals surface area contributed by atoms with Crippen LogP contribution in [0.15, 0.2) is 48.8 Å². The van der Waals surface area contributed by atoms with E-state index in [0.29, 0.717) is 28.8 Å². The fourth-order valence-corrected chi connectivity index (χ4v) is 3.60. The van der Waals surface area contributed by atoms with E-state index in [0.717, 1.165) is 24.4 Å². The van der Waals surface area contributed by atoms with E-state index in [1.807, 2.05) is 24.4 Å². The van der Waals surface area contributed by atoms with Crippen molar-refractivity contribution in [2.45, 2.75) is 12.5 Å². The maximum Gasteiger partial charge on any atom is 0.256 e. The van der Waals surface area contributed by atoms with Gasteiger partial charge in [-0.1, -0.05) is 17.7 Å². The minimum atomic E-state index is -0.240. The second kappa shape index (κ2) is 7.90. The van der Waals surface area contributed by atoms with Gasteiger partial charge in [0.2, 0.25) is 5.95 Å². The SMILES string of the molecule is COc1cccc(Cl)c1C(=O)NC1CCN(c2nccc(-c3ccc[nH]3)n2)C1. The molecular formula is C20H20ClN5O2. The lowest BCUT2D eigenvalue weighted by atomic mass is 10.1. The Morgan fingerprint density at radius 3 is 3.00 bits per heavy atom. The Kier molecular flexibility index (Phi) is 5.16. The second-order valence-electron chi connectivity index (χ2n) is 6.55. The van der Waals surface area contributed by atoms with Crippen LogP contribution in [-0.4, -0.2) is 47.1 Å². The highest BCUT2D eigenvalue weighted by atomic mass is 35.5. The number of aromatic amines is 1. The number of amides is 1. The largest absolute Gasteiger partial charge is 0.496 e. The van der Waals surface area contributed by atoms with E-state index in [9.17, 15) is 4.79 Å². The summed E-state index contributed by atoms with van der Waals surface area (Å²) in [5.74, 6) is 0.872. The van der Waals surface area contributed by atoms with E-state index in [-0.39, 0.29) is 11.9 Å². The normalized spacial score (nSPS) is 16.2. The number of hydrogen-bond donors (Lipinski definition) is 2. The molecule has 1 fully saturated rings. The van der Waals surface area contributed by atoms with Gasteiger partial charge in [0.15, 0.2) is 0 Å². The lowest BCUT2D eigenvalue weighted by Gasteiger charge is -2.18. The monoisotopic (exact) mass is 397 g/mol. The molecule has 0 radical (unpaired) electrons. The van der Waals surface area contributed by atoms with E-state index in [1.165, 1.54) is 7.11 Å². The molecule has 3 aromatic rings. The zero-order valence-corrected chi connectivity index (χ0v) is 16.1. The number of aromatic nitrogens is 3. The molecule has 28 heavy (non-hydrogen) atoms. The predicted molar refractivity (Wildman–Crippen MR) is 108 cm³/mol. The van der Waals surface area contributed by atoms with Gasteiger partial charge in [-0.2, -0.15) is 0 Å². The highest BCUT2D eigenvalue weighted by molar-refractivity contribution is 6.34. The van der Waals surface area contributed by atoms with Crippen molar-refractivity contribution < 1.29 is 9.53 Å². The molecule has 2 N–H and O–H groups in total. The van der Waals surface area contributed by atoms with Crippen LogP contribution in [-0.2, 0) is 0 Å². The minimum absolute atomic E-state index is 0.0220. The van der Waals surface area contributed by atoms with Crippen molar-refractivity contribution in [2.75, 3.05) is 25.1 Å². The summed E-state index contributed by atoms with van der Waals surface area (Å²) in [6.07, 6.45) is 4.41. The van der Waals surface area contributed by atoms with Crippen LogP contribution in [0.1, 0.15) is 16.8 Å². The number of benzene rings is 1. The Labute approximate surface area is 167 Å². The van der Waals surface area contributed by atoms with Crippen LogP contribution in [0, 0.1) is 0 Å². The molecule has 4 rings (SSSR count). The maximum absolute atomic E-state index is 12.7. The Balaban J connectivity index is 1.45. The number of halogens is 1. The first-order chi connectivity index (χ1) is 13.7. The second-order valence-corrected chi connectivity index (χ2v) is 6.96. The molecule has 1 aliphatic heterocycles. The molecule has 7 nitrogen and oxygen atoms in total. The van der Waals surface area contributed by atoms with Crippen molar-refractivity contribution in [1.82, 2.24) is 20.3 Å². The van der Waals surface area contributed by atoms with Crippen LogP contribution < -0.4 is 15.0 Å². The van der Waals surface area contributed by atoms with Crippen LogP contribution in [0.2, 0.25) is 5.02 Å². The molecule has 0 spiro atoms. The van der Waals surface area contributed by atoms with Gasteiger partial charge in [-0.05, 0) is 36.8 Å². The Morgan fingerprint density at radius 2 is 2.21 bits per heavy atom. The van der Waals surface area contributed by atoms with Crippen LogP contribution in [0.3, 0.4) is 0 Å². The molecular weight excluding hydrogens is 378 g/mol. The standard InChI is InChI=1S/C20H20ClN5O2/c1-28-17-6-2-4-14(21)18(17)19(27)24-13-8-11-26(12-13)20-23-10-7-16(25-20)15-5-3-9-22-15/h2-7,9-10,13,22H,8,11-12H2,1H3,(H,24,27). The summed E-state index contributed by atoms with van der Waals surface area (Å²) in [4.78, 5) is 27.0. The van der Waals surface area contributed by atoms with Gasteiger partial charge in [-0.3, -0.25) is 4.79 Å². The number of nitrogens with one attached hydrogen (secondary N) is 2. The Bertz CT molecular complexity index is 976. The predicted octanol–water partition coefficient (Wildman–Crippen LogP) is 3.14. The summed E-state index contributed by atoms with van der Waals surface area (Å²) in [5.41, 5.74) is 2.14. The summed E-state index contributed by atoms with van der Waals surface area (Å²) in [5, 5.41) is 3.41. The number of H-pyrrole nitrogens is 1. The zero-order chi connectivity index (χ0) is 19.5. The van der Waals surface area contributed by atoms with Crippen molar-refractivity contribution in [3.8, 4) is 17.1 Å². The van der Waals surface area contributed by atoms with Crippen molar-refractivity contribution in [2.24, 2.45) is 0 Å². The number of nitrogens with zero attached hydrogens (tertiary/aromatic N) is 3. The third-order valence-corrected chi connectivity index (χ3v) is 5.06. The van der Waals surface area contributed by atoms with Gasteiger partial charge in [0.1, 0.15) is 5.75 Å². The average molecular weight is 398 g/mol. The third kappa shape index (κ3) is 3.66. The lowest BCUT2D eigenvalue weighted by molar-refractivity contribution is 0.0937. The minimum Gasteiger partial charge on any atom is -0.496 e. The number of carbonyl (C=O) groups excluding carboxylic acids is 1. The van der Waals surface area contributed by atoms with Crippen LogP contribution in [0.5, 0.6) is 5.75 Å². The topological polar surface area (TPSA) is 83.1 Å². The van der Waals surface area contributed by atoms with E-state index >= 15 is 0 Å². The van der Waals surface area contributed by atoms with Crippen LogP contribution in [0.4, 0.5) is 5.95 Å². The van der Waals surface area contributed by atoms with Gasteiger partial charge in [0.25, 0.3) is 5.91 Å². The summed E-state index contributed by atoms with van der Waals surface area (Å²) in [6, 6.07) is 10.9. The average Bonchev–Trinajstić information content (AvgIpc) is 3.40. The van der Waals surface area contributed by atoms with Crippen molar-refractivity contribution in [3.05, 3.63) is 59.4 Å². The summed E-state index contributed by atoms with van der Waals surface area (Å²) in [6.45, 7) is 1.39. The molecule has 8 heteroatoms. The lowest BCUT2D eigenvalue weighted by Crippen LogP contribution is -2.37. The van der Waals surface area contributed by atoms with Gasteiger partial charge in [0, 0.05) is 31.5 Å². The fourth-order valence-electron chi connectivity index (χ4n) is 3.35. The molecule has 1 saturated heterocycles.